The summed E-state index contributed by atoms with van der Waals surface area (Å²) >= 11 is 0. The zero-order valence-electron chi connectivity index (χ0n) is 9.06. The summed E-state index contributed by atoms with van der Waals surface area (Å²) in [6.45, 7) is 0. The third-order valence-electron chi connectivity index (χ3n) is 3.35. The van der Waals surface area contributed by atoms with E-state index in [0.29, 0.717) is 11.7 Å². The second kappa shape index (κ2) is 3.75. The maximum atomic E-state index is 8.63. The van der Waals surface area contributed by atoms with Gasteiger partial charge in [0.1, 0.15) is 11.9 Å². The lowest BCUT2D eigenvalue weighted by molar-refractivity contribution is 0.564. The minimum atomic E-state index is 0.375. The molecule has 0 spiro atoms. The quantitative estimate of drug-likeness (QED) is 0.832. The van der Waals surface area contributed by atoms with Crippen LogP contribution in [0.15, 0.2) is 12.1 Å². The summed E-state index contributed by atoms with van der Waals surface area (Å²) in [5.74, 6) is 2.48. The van der Waals surface area contributed by atoms with Crippen LogP contribution in [0, 0.1) is 23.2 Å². The summed E-state index contributed by atoms with van der Waals surface area (Å²) in [4.78, 5) is 0. The fraction of sp³-hybridized carbons (Fsp3) is 0.583. The molecule has 2 fully saturated rings. The summed E-state index contributed by atoms with van der Waals surface area (Å²) in [5.41, 5.74) is 0.375. The van der Waals surface area contributed by atoms with E-state index in [9.17, 15) is 0 Å². The molecule has 1 aromatic rings. The van der Waals surface area contributed by atoms with Crippen molar-refractivity contribution in [2.75, 3.05) is 5.32 Å². The molecular formula is C12H14N4. The normalized spacial score (nSPS) is 19.5. The third kappa shape index (κ3) is 1.99. The lowest BCUT2D eigenvalue weighted by Gasteiger charge is -2.17. The summed E-state index contributed by atoms with van der Waals surface area (Å²) < 4.78 is 0. The number of rotatable bonds is 4. The van der Waals surface area contributed by atoms with Gasteiger partial charge in [-0.3, -0.25) is 0 Å². The van der Waals surface area contributed by atoms with Crippen LogP contribution < -0.4 is 5.32 Å². The molecule has 0 saturated heterocycles. The minimum Gasteiger partial charge on any atom is -0.365 e. The van der Waals surface area contributed by atoms with Crippen molar-refractivity contribution in [1.82, 2.24) is 10.2 Å². The van der Waals surface area contributed by atoms with Crippen LogP contribution in [-0.4, -0.2) is 16.2 Å². The molecule has 2 aliphatic rings. The van der Waals surface area contributed by atoms with E-state index in [2.05, 4.69) is 15.5 Å². The SMILES string of the molecule is N#Cc1ccc(NC(C2CC2)C2CC2)nn1. The third-order valence-corrected chi connectivity index (χ3v) is 3.35. The smallest absolute Gasteiger partial charge is 0.163 e. The Labute approximate surface area is 94.7 Å². The summed E-state index contributed by atoms with van der Waals surface area (Å²) in [7, 11) is 0. The molecule has 0 aromatic carbocycles. The molecule has 2 aliphatic carbocycles. The number of aromatic nitrogens is 2. The van der Waals surface area contributed by atoms with Crippen molar-refractivity contribution in [1.29, 1.82) is 5.26 Å². The average molecular weight is 214 g/mol. The van der Waals surface area contributed by atoms with Gasteiger partial charge in [-0.05, 0) is 49.7 Å². The number of anilines is 1. The van der Waals surface area contributed by atoms with Crippen molar-refractivity contribution >= 4 is 5.82 Å². The lowest BCUT2D eigenvalue weighted by Crippen LogP contribution is -2.24. The van der Waals surface area contributed by atoms with Gasteiger partial charge in [-0.1, -0.05) is 0 Å². The second-order valence-corrected chi connectivity index (χ2v) is 4.76. The van der Waals surface area contributed by atoms with E-state index in [0.717, 1.165) is 17.7 Å². The first-order valence-electron chi connectivity index (χ1n) is 5.87. The molecule has 0 amide bonds. The van der Waals surface area contributed by atoms with Gasteiger partial charge in [0.05, 0.1) is 0 Å². The number of nitriles is 1. The van der Waals surface area contributed by atoms with Crippen molar-refractivity contribution in [3.8, 4) is 6.07 Å². The number of nitrogens with zero attached hydrogens (tertiary/aromatic N) is 3. The molecule has 3 rings (SSSR count). The van der Waals surface area contributed by atoms with E-state index >= 15 is 0 Å². The largest absolute Gasteiger partial charge is 0.365 e. The molecule has 0 atom stereocenters. The zero-order chi connectivity index (χ0) is 11.0. The Morgan fingerprint density at radius 3 is 2.31 bits per heavy atom. The van der Waals surface area contributed by atoms with Gasteiger partial charge in [0.15, 0.2) is 5.69 Å². The first-order valence-corrected chi connectivity index (χ1v) is 5.87. The molecule has 0 radical (unpaired) electrons. The van der Waals surface area contributed by atoms with Gasteiger partial charge in [-0.2, -0.15) is 5.26 Å². The summed E-state index contributed by atoms with van der Waals surface area (Å²) in [6, 6.07) is 6.13. The monoisotopic (exact) mass is 214 g/mol. The number of nitrogens with one attached hydrogen (secondary N) is 1. The van der Waals surface area contributed by atoms with Gasteiger partial charge in [-0.25, -0.2) is 0 Å². The van der Waals surface area contributed by atoms with Crippen LogP contribution in [-0.2, 0) is 0 Å². The van der Waals surface area contributed by atoms with Gasteiger partial charge in [0, 0.05) is 6.04 Å². The van der Waals surface area contributed by atoms with E-state index in [1.165, 1.54) is 25.7 Å². The van der Waals surface area contributed by atoms with Crippen LogP contribution in [0.3, 0.4) is 0 Å². The van der Waals surface area contributed by atoms with Crippen molar-refractivity contribution in [3.63, 3.8) is 0 Å². The predicted octanol–water partition coefficient (Wildman–Crippen LogP) is 1.95. The predicted molar refractivity (Wildman–Crippen MR) is 59.6 cm³/mol. The lowest BCUT2D eigenvalue weighted by atomic mass is 10.1. The van der Waals surface area contributed by atoms with Gasteiger partial charge < -0.3 is 5.32 Å². The van der Waals surface area contributed by atoms with E-state index in [1.54, 1.807) is 6.07 Å². The van der Waals surface area contributed by atoms with Crippen LogP contribution in [0.5, 0.6) is 0 Å². The van der Waals surface area contributed by atoms with Crippen LogP contribution in [0.1, 0.15) is 31.4 Å². The number of hydrogen-bond acceptors (Lipinski definition) is 4. The molecule has 1 heterocycles. The highest BCUT2D eigenvalue weighted by molar-refractivity contribution is 5.37. The zero-order valence-corrected chi connectivity index (χ0v) is 9.06. The van der Waals surface area contributed by atoms with E-state index in [4.69, 9.17) is 5.26 Å². The maximum absolute atomic E-state index is 8.63. The molecule has 1 N–H and O–H groups in total. The molecule has 1 aromatic heterocycles. The van der Waals surface area contributed by atoms with Crippen molar-refractivity contribution < 1.29 is 0 Å². The standard InChI is InChI=1S/C12H14N4/c13-7-10-5-6-11(16-15-10)14-12(8-1-2-8)9-3-4-9/h5-6,8-9,12H,1-4H2,(H,14,16). The fourth-order valence-electron chi connectivity index (χ4n) is 2.17. The van der Waals surface area contributed by atoms with Crippen molar-refractivity contribution in [2.45, 2.75) is 31.7 Å². The topological polar surface area (TPSA) is 61.6 Å². The molecule has 0 bridgehead atoms. The number of hydrogen-bond donors (Lipinski definition) is 1. The molecule has 0 aliphatic heterocycles. The fourth-order valence-corrected chi connectivity index (χ4v) is 2.17. The Balaban J connectivity index is 1.69. The Morgan fingerprint density at radius 2 is 1.88 bits per heavy atom. The van der Waals surface area contributed by atoms with Gasteiger partial charge >= 0.3 is 0 Å². The molecule has 4 heteroatoms. The highest BCUT2D eigenvalue weighted by Gasteiger charge is 2.41. The molecule has 0 unspecified atom stereocenters. The molecule has 82 valence electrons. The van der Waals surface area contributed by atoms with Gasteiger partial charge in [-0.15, -0.1) is 10.2 Å². The molecule has 16 heavy (non-hydrogen) atoms. The summed E-state index contributed by atoms with van der Waals surface area (Å²) in [5, 5.41) is 20.0. The Hall–Kier alpha value is -1.63. The first kappa shape index (κ1) is 9.59. The van der Waals surface area contributed by atoms with E-state index in [-0.39, 0.29) is 0 Å². The Morgan fingerprint density at radius 1 is 1.19 bits per heavy atom. The molecular weight excluding hydrogens is 200 g/mol. The Kier molecular flexibility index (Phi) is 2.24. The highest BCUT2D eigenvalue weighted by atomic mass is 15.2. The van der Waals surface area contributed by atoms with Crippen LogP contribution >= 0.6 is 0 Å². The second-order valence-electron chi connectivity index (χ2n) is 4.76. The minimum absolute atomic E-state index is 0.375. The first-order chi connectivity index (χ1) is 7.86. The van der Waals surface area contributed by atoms with Crippen molar-refractivity contribution in [3.05, 3.63) is 17.8 Å². The summed E-state index contributed by atoms with van der Waals surface area (Å²) in [6.07, 6.45) is 5.38. The van der Waals surface area contributed by atoms with Crippen LogP contribution in [0.4, 0.5) is 5.82 Å². The van der Waals surface area contributed by atoms with Crippen LogP contribution in [0.2, 0.25) is 0 Å². The van der Waals surface area contributed by atoms with Gasteiger partial charge in [0.25, 0.3) is 0 Å². The Bertz CT molecular complexity index is 400. The van der Waals surface area contributed by atoms with E-state index in [1.807, 2.05) is 12.1 Å². The van der Waals surface area contributed by atoms with Crippen molar-refractivity contribution in [2.24, 2.45) is 11.8 Å². The molecule has 2 saturated carbocycles. The maximum Gasteiger partial charge on any atom is 0.163 e. The average Bonchev–Trinajstić information content (AvgIpc) is 3.19. The van der Waals surface area contributed by atoms with E-state index < -0.39 is 0 Å². The van der Waals surface area contributed by atoms with Gasteiger partial charge in [0.2, 0.25) is 0 Å². The van der Waals surface area contributed by atoms with Crippen LogP contribution in [0.25, 0.3) is 0 Å². The molecule has 4 nitrogen and oxygen atoms in total. The highest BCUT2D eigenvalue weighted by Crippen LogP contribution is 2.45.